The van der Waals surface area contributed by atoms with Gasteiger partial charge in [0.05, 0.1) is 13.7 Å². The number of hydrogen-bond donors (Lipinski definition) is 1. The average Bonchev–Trinajstić information content (AvgIpc) is 2.91. The average molecular weight is 286 g/mol. The van der Waals surface area contributed by atoms with Gasteiger partial charge in [-0.1, -0.05) is 25.0 Å². The topological polar surface area (TPSA) is 30.5 Å². The van der Waals surface area contributed by atoms with Crippen molar-refractivity contribution in [3.05, 3.63) is 23.8 Å². The van der Waals surface area contributed by atoms with Gasteiger partial charge in [-0.2, -0.15) is 0 Å². The molecule has 0 amide bonds. The lowest BCUT2D eigenvalue weighted by molar-refractivity contribution is 0.306. The predicted octanol–water partition coefficient (Wildman–Crippen LogP) is 3.55. The Hall–Kier alpha value is -0.930. The highest BCUT2D eigenvalue weighted by Crippen LogP contribution is 2.31. The number of ether oxygens (including phenoxy) is 2. The molecule has 0 aromatic heterocycles. The number of nitrogens with one attached hydrogen (secondary N) is 1. The van der Waals surface area contributed by atoms with Crippen molar-refractivity contribution in [3.63, 3.8) is 0 Å². The van der Waals surface area contributed by atoms with Crippen molar-refractivity contribution in [2.75, 3.05) is 13.7 Å². The van der Waals surface area contributed by atoms with Gasteiger partial charge in [0.2, 0.25) is 0 Å². The fourth-order valence-electron chi connectivity index (χ4n) is 2.55. The molecule has 3 nitrogen and oxygen atoms in total. The van der Waals surface area contributed by atoms with E-state index in [1.807, 2.05) is 19.1 Å². The minimum absolute atomic E-state index is 0. The largest absolute Gasteiger partial charge is 0.493 e. The Kier molecular flexibility index (Phi) is 7.03. The van der Waals surface area contributed by atoms with Crippen LogP contribution in [0.25, 0.3) is 0 Å². The van der Waals surface area contributed by atoms with Gasteiger partial charge < -0.3 is 14.8 Å². The van der Waals surface area contributed by atoms with Crippen LogP contribution < -0.4 is 14.8 Å². The zero-order valence-corrected chi connectivity index (χ0v) is 12.6. The summed E-state index contributed by atoms with van der Waals surface area (Å²) in [4.78, 5) is 0. The fourth-order valence-corrected chi connectivity index (χ4v) is 2.55. The first-order valence-electron chi connectivity index (χ1n) is 6.87. The van der Waals surface area contributed by atoms with Crippen LogP contribution in [0.15, 0.2) is 18.2 Å². The number of para-hydroxylation sites is 1. The molecule has 4 heteroatoms. The summed E-state index contributed by atoms with van der Waals surface area (Å²) >= 11 is 0. The molecule has 0 atom stereocenters. The van der Waals surface area contributed by atoms with Crippen molar-refractivity contribution in [2.24, 2.45) is 0 Å². The van der Waals surface area contributed by atoms with Gasteiger partial charge >= 0.3 is 0 Å². The lowest BCUT2D eigenvalue weighted by Crippen LogP contribution is -2.25. The third-order valence-electron chi connectivity index (χ3n) is 3.51. The molecule has 2 rings (SSSR count). The molecule has 0 heterocycles. The Morgan fingerprint density at radius 3 is 2.63 bits per heavy atom. The summed E-state index contributed by atoms with van der Waals surface area (Å²) in [6, 6.07) is 6.75. The van der Waals surface area contributed by atoms with Crippen molar-refractivity contribution in [2.45, 2.75) is 45.2 Å². The number of benzene rings is 1. The van der Waals surface area contributed by atoms with E-state index in [0.29, 0.717) is 12.6 Å². The number of rotatable bonds is 6. The van der Waals surface area contributed by atoms with Crippen LogP contribution in [-0.4, -0.2) is 19.8 Å². The van der Waals surface area contributed by atoms with E-state index in [9.17, 15) is 0 Å². The lowest BCUT2D eigenvalue weighted by Gasteiger charge is -2.16. The quantitative estimate of drug-likeness (QED) is 0.867. The number of methoxy groups -OCH3 is 1. The molecule has 0 aliphatic heterocycles. The first kappa shape index (κ1) is 16.1. The highest BCUT2D eigenvalue weighted by molar-refractivity contribution is 5.85. The van der Waals surface area contributed by atoms with Crippen molar-refractivity contribution in [3.8, 4) is 11.5 Å². The Bertz CT molecular complexity index is 378. The highest BCUT2D eigenvalue weighted by Gasteiger charge is 2.16. The lowest BCUT2D eigenvalue weighted by atomic mass is 10.1. The van der Waals surface area contributed by atoms with Crippen molar-refractivity contribution in [1.82, 2.24) is 5.32 Å². The predicted molar refractivity (Wildman–Crippen MR) is 80.5 cm³/mol. The normalized spacial score (nSPS) is 15.1. The number of halogens is 1. The molecule has 1 saturated carbocycles. The molecule has 1 aromatic carbocycles. The molecule has 0 saturated heterocycles. The van der Waals surface area contributed by atoms with E-state index in [1.165, 1.54) is 31.2 Å². The van der Waals surface area contributed by atoms with Crippen molar-refractivity contribution < 1.29 is 9.47 Å². The maximum absolute atomic E-state index is 5.71. The summed E-state index contributed by atoms with van der Waals surface area (Å²) in [5, 5.41) is 3.61. The molecule has 1 N–H and O–H groups in total. The Labute approximate surface area is 122 Å². The summed E-state index contributed by atoms with van der Waals surface area (Å²) in [7, 11) is 1.69. The highest BCUT2D eigenvalue weighted by atomic mass is 35.5. The van der Waals surface area contributed by atoms with E-state index in [4.69, 9.17) is 9.47 Å². The van der Waals surface area contributed by atoms with Gasteiger partial charge in [0.25, 0.3) is 0 Å². The second-order valence-electron chi connectivity index (χ2n) is 4.74. The molecular weight excluding hydrogens is 262 g/mol. The van der Waals surface area contributed by atoms with E-state index in [0.717, 1.165) is 18.0 Å². The van der Waals surface area contributed by atoms with Gasteiger partial charge in [0, 0.05) is 18.2 Å². The third-order valence-corrected chi connectivity index (χ3v) is 3.51. The molecule has 1 aliphatic carbocycles. The van der Waals surface area contributed by atoms with Crippen LogP contribution in [0.3, 0.4) is 0 Å². The molecule has 0 unspecified atom stereocenters. The minimum Gasteiger partial charge on any atom is -0.493 e. The van der Waals surface area contributed by atoms with E-state index >= 15 is 0 Å². The van der Waals surface area contributed by atoms with E-state index in [1.54, 1.807) is 7.11 Å². The van der Waals surface area contributed by atoms with E-state index < -0.39 is 0 Å². The fraction of sp³-hybridized carbons (Fsp3) is 0.600. The molecule has 0 radical (unpaired) electrons. The van der Waals surface area contributed by atoms with E-state index in [2.05, 4.69) is 11.4 Å². The van der Waals surface area contributed by atoms with Crippen LogP contribution >= 0.6 is 12.4 Å². The number of hydrogen-bond acceptors (Lipinski definition) is 3. The molecule has 0 spiro atoms. The standard InChI is InChI=1S/C15H23NO2.ClH/c1-3-18-15-12(7-6-10-14(15)17-2)11-16-13-8-4-5-9-13;/h6-7,10,13,16H,3-5,8-9,11H2,1-2H3;1H. The Morgan fingerprint density at radius 1 is 1.26 bits per heavy atom. The maximum Gasteiger partial charge on any atom is 0.165 e. The molecule has 19 heavy (non-hydrogen) atoms. The van der Waals surface area contributed by atoms with Gasteiger partial charge in [-0.25, -0.2) is 0 Å². The summed E-state index contributed by atoms with van der Waals surface area (Å²) in [6.45, 7) is 3.52. The minimum atomic E-state index is 0. The zero-order valence-electron chi connectivity index (χ0n) is 11.8. The van der Waals surface area contributed by atoms with Gasteiger partial charge in [0.1, 0.15) is 0 Å². The van der Waals surface area contributed by atoms with Gasteiger partial charge in [-0.15, -0.1) is 12.4 Å². The van der Waals surface area contributed by atoms with Crippen molar-refractivity contribution in [1.29, 1.82) is 0 Å². The molecule has 1 aliphatic rings. The molecule has 1 aromatic rings. The van der Waals surface area contributed by atoms with Gasteiger partial charge in [-0.3, -0.25) is 0 Å². The summed E-state index contributed by atoms with van der Waals surface area (Å²) < 4.78 is 11.1. The van der Waals surface area contributed by atoms with E-state index in [-0.39, 0.29) is 12.4 Å². The summed E-state index contributed by atoms with van der Waals surface area (Å²) in [5.41, 5.74) is 1.18. The SMILES string of the molecule is CCOc1c(CNC2CCCC2)cccc1OC.Cl. The van der Waals surface area contributed by atoms with Gasteiger partial charge in [-0.05, 0) is 25.8 Å². The smallest absolute Gasteiger partial charge is 0.165 e. The van der Waals surface area contributed by atoms with Gasteiger partial charge in [0.15, 0.2) is 11.5 Å². The molecule has 1 fully saturated rings. The first-order valence-corrected chi connectivity index (χ1v) is 6.87. The van der Waals surface area contributed by atoms with Crippen LogP contribution in [0.5, 0.6) is 11.5 Å². The Morgan fingerprint density at radius 2 is 2.00 bits per heavy atom. The molecule has 108 valence electrons. The van der Waals surface area contributed by atoms with Crippen LogP contribution in [0.1, 0.15) is 38.2 Å². The zero-order chi connectivity index (χ0) is 12.8. The van der Waals surface area contributed by atoms with Crippen LogP contribution in [0.4, 0.5) is 0 Å². The van der Waals surface area contributed by atoms with Crippen molar-refractivity contribution >= 4 is 12.4 Å². The monoisotopic (exact) mass is 285 g/mol. The van der Waals surface area contributed by atoms with Crippen LogP contribution in [0.2, 0.25) is 0 Å². The second kappa shape index (κ2) is 8.28. The molecule has 0 bridgehead atoms. The van der Waals surface area contributed by atoms with Crippen LogP contribution in [-0.2, 0) is 6.54 Å². The van der Waals surface area contributed by atoms with Crippen LogP contribution in [0, 0.1) is 0 Å². The third kappa shape index (κ3) is 4.29. The second-order valence-corrected chi connectivity index (χ2v) is 4.74. The molecular formula is C15H24ClNO2. The maximum atomic E-state index is 5.71. The first-order chi connectivity index (χ1) is 8.85. The summed E-state index contributed by atoms with van der Waals surface area (Å²) in [5.74, 6) is 1.70. The Balaban J connectivity index is 0.00000180. The summed E-state index contributed by atoms with van der Waals surface area (Å²) in [6.07, 6.45) is 5.31.